The molecule has 0 fully saturated rings. The summed E-state index contributed by atoms with van der Waals surface area (Å²) in [5.74, 6) is -0.284. The van der Waals surface area contributed by atoms with Crippen molar-refractivity contribution in [3.05, 3.63) is 0 Å². The van der Waals surface area contributed by atoms with Crippen LogP contribution in [0.25, 0.3) is 0 Å². The van der Waals surface area contributed by atoms with Crippen molar-refractivity contribution < 1.29 is 19.1 Å². The predicted octanol–water partition coefficient (Wildman–Crippen LogP) is 0.366. The molecular formula is C13H26N2O4. The minimum atomic E-state index is -0.353. The number of amides is 1. The van der Waals surface area contributed by atoms with E-state index in [1.165, 1.54) is 0 Å². The van der Waals surface area contributed by atoms with Crippen LogP contribution in [0.2, 0.25) is 0 Å². The molecule has 0 radical (unpaired) electrons. The van der Waals surface area contributed by atoms with Gasteiger partial charge in [-0.05, 0) is 19.9 Å². The van der Waals surface area contributed by atoms with Crippen molar-refractivity contribution in [1.82, 2.24) is 9.80 Å². The molecule has 0 bridgehead atoms. The van der Waals surface area contributed by atoms with Crippen molar-refractivity contribution in [3.63, 3.8) is 0 Å². The van der Waals surface area contributed by atoms with Crippen LogP contribution < -0.4 is 0 Å². The second-order valence-corrected chi connectivity index (χ2v) is 4.42. The first-order valence-electron chi connectivity index (χ1n) is 6.67. The number of hydrogen-bond donors (Lipinski definition) is 0. The van der Waals surface area contributed by atoms with Crippen LogP contribution in [0.15, 0.2) is 0 Å². The Balaban J connectivity index is 3.88. The van der Waals surface area contributed by atoms with Gasteiger partial charge in [0.25, 0.3) is 0 Å². The summed E-state index contributed by atoms with van der Waals surface area (Å²) in [7, 11) is 3.48. The normalized spacial score (nSPS) is 10.6. The molecule has 0 aromatic rings. The lowest BCUT2D eigenvalue weighted by molar-refractivity contribution is -0.148. The van der Waals surface area contributed by atoms with Gasteiger partial charge < -0.3 is 14.4 Å². The van der Waals surface area contributed by atoms with E-state index >= 15 is 0 Å². The zero-order valence-electron chi connectivity index (χ0n) is 12.5. The van der Waals surface area contributed by atoms with E-state index < -0.39 is 0 Å². The van der Waals surface area contributed by atoms with Crippen molar-refractivity contribution in [2.75, 3.05) is 53.6 Å². The van der Waals surface area contributed by atoms with Crippen LogP contribution in [-0.2, 0) is 19.1 Å². The Morgan fingerprint density at radius 1 is 1.11 bits per heavy atom. The summed E-state index contributed by atoms with van der Waals surface area (Å²) in [5.41, 5.74) is 0. The average Bonchev–Trinajstić information content (AvgIpc) is 2.34. The molecule has 0 saturated carbocycles. The van der Waals surface area contributed by atoms with Gasteiger partial charge in [-0.25, -0.2) is 4.79 Å². The average molecular weight is 274 g/mol. The second kappa shape index (κ2) is 10.8. The number of likely N-dealkylation sites (N-methyl/N-ethyl adjacent to an activating group) is 1. The van der Waals surface area contributed by atoms with Gasteiger partial charge in [-0.3, -0.25) is 9.69 Å². The minimum absolute atomic E-state index is 0.0323. The molecule has 0 aliphatic rings. The SMILES string of the molecule is CCCN(CCOCC(=O)OCC)CC(=O)N(C)C. The Hall–Kier alpha value is -1.14. The number of rotatable bonds is 10. The maximum Gasteiger partial charge on any atom is 0.332 e. The van der Waals surface area contributed by atoms with E-state index in [0.29, 0.717) is 26.3 Å². The van der Waals surface area contributed by atoms with Gasteiger partial charge >= 0.3 is 5.97 Å². The van der Waals surface area contributed by atoms with E-state index in [4.69, 9.17) is 9.47 Å². The Morgan fingerprint density at radius 3 is 2.32 bits per heavy atom. The second-order valence-electron chi connectivity index (χ2n) is 4.42. The van der Waals surface area contributed by atoms with Gasteiger partial charge in [0.05, 0.1) is 19.8 Å². The number of carbonyl (C=O) groups is 2. The predicted molar refractivity (Wildman–Crippen MR) is 72.9 cm³/mol. The summed E-state index contributed by atoms with van der Waals surface area (Å²) in [5, 5.41) is 0. The molecule has 0 aliphatic carbocycles. The molecule has 1 amide bonds. The lowest BCUT2D eigenvalue weighted by Gasteiger charge is -2.22. The van der Waals surface area contributed by atoms with Gasteiger partial charge in [0.15, 0.2) is 0 Å². The van der Waals surface area contributed by atoms with Crippen LogP contribution in [-0.4, -0.2) is 75.2 Å². The minimum Gasteiger partial charge on any atom is -0.464 e. The van der Waals surface area contributed by atoms with E-state index in [-0.39, 0.29) is 18.5 Å². The van der Waals surface area contributed by atoms with Crippen molar-refractivity contribution >= 4 is 11.9 Å². The molecular weight excluding hydrogens is 248 g/mol. The van der Waals surface area contributed by atoms with Crippen LogP contribution in [0, 0.1) is 0 Å². The van der Waals surface area contributed by atoms with Gasteiger partial charge in [-0.15, -0.1) is 0 Å². The Morgan fingerprint density at radius 2 is 1.79 bits per heavy atom. The first-order chi connectivity index (χ1) is 9.01. The quantitative estimate of drug-likeness (QED) is 0.425. The van der Waals surface area contributed by atoms with Crippen LogP contribution in [0.4, 0.5) is 0 Å². The highest BCUT2D eigenvalue weighted by Gasteiger charge is 2.11. The fourth-order valence-electron chi connectivity index (χ4n) is 1.47. The standard InChI is InChI=1S/C13H26N2O4/c1-5-7-15(10-12(16)14(3)4)8-9-18-11-13(17)19-6-2/h5-11H2,1-4H3. The summed E-state index contributed by atoms with van der Waals surface area (Å²) in [4.78, 5) is 26.3. The van der Waals surface area contributed by atoms with Crippen LogP contribution in [0.1, 0.15) is 20.3 Å². The van der Waals surface area contributed by atoms with Crippen LogP contribution in [0.3, 0.4) is 0 Å². The smallest absolute Gasteiger partial charge is 0.332 e. The van der Waals surface area contributed by atoms with E-state index in [1.807, 2.05) is 4.90 Å². The molecule has 112 valence electrons. The monoisotopic (exact) mass is 274 g/mol. The first kappa shape index (κ1) is 17.9. The van der Waals surface area contributed by atoms with Gasteiger partial charge in [-0.2, -0.15) is 0 Å². The van der Waals surface area contributed by atoms with E-state index in [1.54, 1.807) is 25.9 Å². The number of carbonyl (C=O) groups excluding carboxylic acids is 2. The third-order valence-electron chi connectivity index (χ3n) is 2.47. The molecule has 0 rings (SSSR count). The molecule has 0 N–H and O–H groups in total. The lowest BCUT2D eigenvalue weighted by Crippen LogP contribution is -2.38. The molecule has 19 heavy (non-hydrogen) atoms. The molecule has 0 spiro atoms. The van der Waals surface area contributed by atoms with Gasteiger partial charge in [0.2, 0.25) is 5.91 Å². The molecule has 6 nitrogen and oxygen atoms in total. The number of hydrogen-bond acceptors (Lipinski definition) is 5. The van der Waals surface area contributed by atoms with Crippen LogP contribution in [0.5, 0.6) is 0 Å². The largest absolute Gasteiger partial charge is 0.464 e. The highest BCUT2D eigenvalue weighted by atomic mass is 16.6. The first-order valence-corrected chi connectivity index (χ1v) is 6.67. The lowest BCUT2D eigenvalue weighted by atomic mass is 10.3. The molecule has 0 aromatic heterocycles. The Kier molecular flexibility index (Phi) is 10.1. The summed E-state index contributed by atoms with van der Waals surface area (Å²) >= 11 is 0. The van der Waals surface area contributed by atoms with Crippen molar-refractivity contribution in [3.8, 4) is 0 Å². The van der Waals surface area contributed by atoms with E-state index in [2.05, 4.69) is 6.92 Å². The number of esters is 1. The highest BCUT2D eigenvalue weighted by molar-refractivity contribution is 5.77. The molecule has 6 heteroatoms. The maximum absolute atomic E-state index is 11.6. The van der Waals surface area contributed by atoms with Crippen molar-refractivity contribution in [2.45, 2.75) is 20.3 Å². The van der Waals surface area contributed by atoms with Crippen molar-refractivity contribution in [2.24, 2.45) is 0 Å². The Bertz CT molecular complexity index is 269. The summed E-state index contributed by atoms with van der Waals surface area (Å²) < 4.78 is 9.98. The molecule has 0 atom stereocenters. The molecule has 0 aromatic carbocycles. The number of ether oxygens (including phenoxy) is 2. The van der Waals surface area contributed by atoms with Gasteiger partial charge in [0.1, 0.15) is 6.61 Å². The fourth-order valence-corrected chi connectivity index (χ4v) is 1.47. The van der Waals surface area contributed by atoms with Gasteiger partial charge in [0, 0.05) is 20.6 Å². The fraction of sp³-hybridized carbons (Fsp3) is 0.846. The third kappa shape index (κ3) is 9.44. The third-order valence-corrected chi connectivity index (χ3v) is 2.47. The zero-order chi connectivity index (χ0) is 14.7. The van der Waals surface area contributed by atoms with Crippen LogP contribution >= 0.6 is 0 Å². The topological polar surface area (TPSA) is 59.1 Å². The summed E-state index contributed by atoms with van der Waals surface area (Å²) in [6, 6.07) is 0. The molecule has 0 saturated heterocycles. The number of nitrogens with zero attached hydrogens (tertiary/aromatic N) is 2. The highest BCUT2D eigenvalue weighted by Crippen LogP contribution is 1.94. The van der Waals surface area contributed by atoms with Crippen molar-refractivity contribution in [1.29, 1.82) is 0 Å². The molecule has 0 heterocycles. The zero-order valence-corrected chi connectivity index (χ0v) is 12.5. The maximum atomic E-state index is 11.6. The summed E-state index contributed by atoms with van der Waals surface area (Å²) in [6.07, 6.45) is 0.971. The molecule has 0 unspecified atom stereocenters. The Labute approximate surface area is 115 Å². The van der Waals surface area contributed by atoms with E-state index in [0.717, 1.165) is 13.0 Å². The molecule has 0 aliphatic heterocycles. The summed E-state index contributed by atoms with van der Waals surface area (Å²) in [6.45, 7) is 6.41. The van der Waals surface area contributed by atoms with Gasteiger partial charge in [-0.1, -0.05) is 6.92 Å². The van der Waals surface area contributed by atoms with E-state index in [9.17, 15) is 9.59 Å².